The number of halogens is 2. The Bertz CT molecular complexity index is 546. The second-order valence-electron chi connectivity index (χ2n) is 3.93. The van der Waals surface area contributed by atoms with E-state index in [-0.39, 0.29) is 11.0 Å². The molecule has 1 heterocycles. The minimum atomic E-state index is -0.398. The fraction of sp³-hybridized carbons (Fsp3) is 0.333. The molecule has 0 saturated carbocycles. The number of nitrogens with one attached hydrogen (secondary N) is 2. The van der Waals surface area contributed by atoms with Crippen LogP contribution in [0.25, 0.3) is 0 Å². The standard InChI is InChI=1S/C12H14ClFN4O/c1-2-5-15-7-11-17-18-12(19-11)16-10-4-3-8(14)6-9(10)13/h3-4,6,15H,2,5,7H2,1H3,(H,16,18). The van der Waals surface area contributed by atoms with Gasteiger partial charge in [0.25, 0.3) is 0 Å². The van der Waals surface area contributed by atoms with Crippen LogP contribution < -0.4 is 10.6 Å². The first-order valence-corrected chi connectivity index (χ1v) is 6.32. The molecule has 7 heteroatoms. The molecule has 0 saturated heterocycles. The van der Waals surface area contributed by atoms with Crippen LogP contribution in [0.15, 0.2) is 22.6 Å². The van der Waals surface area contributed by atoms with Crippen LogP contribution in [-0.2, 0) is 6.54 Å². The van der Waals surface area contributed by atoms with Gasteiger partial charge in [-0.2, -0.15) is 0 Å². The molecule has 102 valence electrons. The summed E-state index contributed by atoms with van der Waals surface area (Å²) in [6.07, 6.45) is 1.03. The van der Waals surface area contributed by atoms with Gasteiger partial charge in [-0.1, -0.05) is 23.6 Å². The average molecular weight is 285 g/mol. The molecule has 2 rings (SSSR count). The van der Waals surface area contributed by atoms with E-state index in [1.807, 2.05) is 0 Å². The maximum Gasteiger partial charge on any atom is 0.320 e. The SMILES string of the molecule is CCCNCc1nnc(Nc2ccc(F)cc2Cl)o1. The second-order valence-corrected chi connectivity index (χ2v) is 4.33. The summed E-state index contributed by atoms with van der Waals surface area (Å²) in [5, 5.41) is 14.0. The van der Waals surface area contributed by atoms with Crippen LogP contribution in [0.1, 0.15) is 19.2 Å². The van der Waals surface area contributed by atoms with E-state index in [4.69, 9.17) is 16.0 Å². The van der Waals surface area contributed by atoms with Gasteiger partial charge in [-0.15, -0.1) is 5.10 Å². The van der Waals surface area contributed by atoms with Crippen LogP contribution in [-0.4, -0.2) is 16.7 Å². The van der Waals surface area contributed by atoms with Crippen molar-refractivity contribution in [1.82, 2.24) is 15.5 Å². The van der Waals surface area contributed by atoms with Crippen molar-refractivity contribution in [1.29, 1.82) is 0 Å². The van der Waals surface area contributed by atoms with Crippen molar-refractivity contribution in [2.45, 2.75) is 19.9 Å². The summed E-state index contributed by atoms with van der Waals surface area (Å²) in [4.78, 5) is 0. The Hall–Kier alpha value is -1.66. The van der Waals surface area contributed by atoms with Crippen LogP contribution in [0.5, 0.6) is 0 Å². The van der Waals surface area contributed by atoms with Crippen molar-refractivity contribution < 1.29 is 8.81 Å². The van der Waals surface area contributed by atoms with Crippen LogP contribution >= 0.6 is 11.6 Å². The number of benzene rings is 1. The highest BCUT2D eigenvalue weighted by Crippen LogP contribution is 2.25. The zero-order valence-electron chi connectivity index (χ0n) is 10.4. The molecule has 1 aromatic heterocycles. The Kier molecular flexibility index (Phi) is 4.70. The predicted molar refractivity (Wildman–Crippen MR) is 71.0 cm³/mol. The fourth-order valence-electron chi connectivity index (χ4n) is 1.45. The molecule has 0 aliphatic rings. The monoisotopic (exact) mass is 284 g/mol. The molecule has 5 nitrogen and oxygen atoms in total. The molecule has 0 radical (unpaired) electrons. The molecule has 0 bridgehead atoms. The first-order valence-electron chi connectivity index (χ1n) is 5.94. The van der Waals surface area contributed by atoms with Gasteiger partial charge in [0.1, 0.15) is 5.82 Å². The van der Waals surface area contributed by atoms with Gasteiger partial charge in [0.05, 0.1) is 17.3 Å². The highest BCUT2D eigenvalue weighted by atomic mass is 35.5. The van der Waals surface area contributed by atoms with Crippen molar-refractivity contribution in [3.8, 4) is 0 Å². The topological polar surface area (TPSA) is 63.0 Å². The van der Waals surface area contributed by atoms with Gasteiger partial charge in [0.2, 0.25) is 5.89 Å². The summed E-state index contributed by atoms with van der Waals surface area (Å²) < 4.78 is 18.3. The van der Waals surface area contributed by atoms with E-state index in [1.54, 1.807) is 0 Å². The Balaban J connectivity index is 1.99. The van der Waals surface area contributed by atoms with Gasteiger partial charge in [-0.25, -0.2) is 4.39 Å². The highest BCUT2D eigenvalue weighted by Gasteiger charge is 2.08. The average Bonchev–Trinajstić information content (AvgIpc) is 2.81. The quantitative estimate of drug-likeness (QED) is 0.798. The summed E-state index contributed by atoms with van der Waals surface area (Å²) in [5.41, 5.74) is 0.514. The highest BCUT2D eigenvalue weighted by molar-refractivity contribution is 6.33. The van der Waals surface area contributed by atoms with Crippen LogP contribution in [0.3, 0.4) is 0 Å². The first kappa shape index (κ1) is 13.8. The summed E-state index contributed by atoms with van der Waals surface area (Å²) in [6.45, 7) is 3.47. The Morgan fingerprint density at radius 2 is 2.21 bits per heavy atom. The van der Waals surface area contributed by atoms with E-state index in [2.05, 4.69) is 27.8 Å². The maximum atomic E-state index is 12.9. The van der Waals surface area contributed by atoms with E-state index in [9.17, 15) is 4.39 Å². The number of hydrogen-bond donors (Lipinski definition) is 2. The van der Waals surface area contributed by atoms with Gasteiger partial charge < -0.3 is 15.1 Å². The minimum Gasteiger partial charge on any atom is -0.406 e. The van der Waals surface area contributed by atoms with Crippen LogP contribution in [0, 0.1) is 5.82 Å². The van der Waals surface area contributed by atoms with Gasteiger partial charge in [0.15, 0.2) is 0 Å². The summed E-state index contributed by atoms with van der Waals surface area (Å²) in [7, 11) is 0. The van der Waals surface area contributed by atoms with E-state index in [0.29, 0.717) is 18.1 Å². The third-order valence-electron chi connectivity index (χ3n) is 2.34. The molecule has 2 aromatic rings. The van der Waals surface area contributed by atoms with Gasteiger partial charge in [-0.3, -0.25) is 0 Å². The molecule has 19 heavy (non-hydrogen) atoms. The Labute approximate surface area is 115 Å². The molecule has 0 amide bonds. The van der Waals surface area contributed by atoms with Crippen LogP contribution in [0.2, 0.25) is 5.02 Å². The third kappa shape index (κ3) is 3.90. The first-order chi connectivity index (χ1) is 9.19. The van der Waals surface area contributed by atoms with Crippen LogP contribution in [0.4, 0.5) is 16.1 Å². The number of aromatic nitrogens is 2. The lowest BCUT2D eigenvalue weighted by molar-refractivity contribution is 0.479. The van der Waals surface area contributed by atoms with Crippen molar-refractivity contribution in [3.63, 3.8) is 0 Å². The molecule has 1 aromatic carbocycles. The summed E-state index contributed by atoms with van der Waals surface area (Å²) in [5.74, 6) is 0.0831. The summed E-state index contributed by atoms with van der Waals surface area (Å²) >= 11 is 5.88. The zero-order valence-corrected chi connectivity index (χ0v) is 11.2. The molecular formula is C12H14ClFN4O. The van der Waals surface area contributed by atoms with Gasteiger partial charge in [-0.05, 0) is 31.2 Å². The number of rotatable bonds is 6. The summed E-state index contributed by atoms with van der Waals surface area (Å²) in [6, 6.07) is 4.25. The van der Waals surface area contributed by atoms with Gasteiger partial charge in [0, 0.05) is 0 Å². The normalized spacial score (nSPS) is 10.7. The van der Waals surface area contributed by atoms with Crippen molar-refractivity contribution in [3.05, 3.63) is 34.9 Å². The number of anilines is 2. The largest absolute Gasteiger partial charge is 0.406 e. The Morgan fingerprint density at radius 3 is 2.95 bits per heavy atom. The second kappa shape index (κ2) is 6.49. The smallest absolute Gasteiger partial charge is 0.320 e. The molecule has 0 atom stereocenters. The third-order valence-corrected chi connectivity index (χ3v) is 2.66. The molecular weight excluding hydrogens is 271 g/mol. The fourth-order valence-corrected chi connectivity index (χ4v) is 1.67. The molecule has 0 aliphatic heterocycles. The van der Waals surface area contributed by atoms with Crippen molar-refractivity contribution in [2.75, 3.05) is 11.9 Å². The van der Waals surface area contributed by atoms with Crippen molar-refractivity contribution in [2.24, 2.45) is 0 Å². The van der Waals surface area contributed by atoms with E-state index < -0.39 is 5.82 Å². The van der Waals surface area contributed by atoms with Crippen molar-refractivity contribution >= 4 is 23.3 Å². The van der Waals surface area contributed by atoms with E-state index >= 15 is 0 Å². The lowest BCUT2D eigenvalue weighted by Gasteiger charge is -2.03. The van der Waals surface area contributed by atoms with E-state index in [0.717, 1.165) is 13.0 Å². The lowest BCUT2D eigenvalue weighted by atomic mass is 10.3. The molecule has 2 N–H and O–H groups in total. The van der Waals surface area contributed by atoms with Gasteiger partial charge >= 0.3 is 6.01 Å². The molecule has 0 spiro atoms. The maximum absolute atomic E-state index is 12.9. The predicted octanol–water partition coefficient (Wildman–Crippen LogP) is 3.11. The Morgan fingerprint density at radius 1 is 1.37 bits per heavy atom. The number of hydrogen-bond acceptors (Lipinski definition) is 5. The zero-order chi connectivity index (χ0) is 13.7. The number of nitrogens with zero attached hydrogens (tertiary/aromatic N) is 2. The molecule has 0 fully saturated rings. The minimum absolute atomic E-state index is 0.224. The molecule has 0 unspecified atom stereocenters. The molecule has 0 aliphatic carbocycles. The lowest BCUT2D eigenvalue weighted by Crippen LogP contribution is -2.13. The van der Waals surface area contributed by atoms with E-state index in [1.165, 1.54) is 18.2 Å².